The van der Waals surface area contributed by atoms with E-state index in [9.17, 15) is 26.3 Å². The van der Waals surface area contributed by atoms with E-state index in [2.05, 4.69) is 0 Å². The summed E-state index contributed by atoms with van der Waals surface area (Å²) < 4.78 is 83.8. The molecule has 24 heavy (non-hydrogen) atoms. The Morgan fingerprint density at radius 1 is 1.00 bits per heavy atom. The van der Waals surface area contributed by atoms with Crippen molar-refractivity contribution in [1.82, 2.24) is 4.90 Å². The Morgan fingerprint density at radius 2 is 1.46 bits per heavy atom. The van der Waals surface area contributed by atoms with Crippen molar-refractivity contribution in [3.63, 3.8) is 0 Å². The Balaban J connectivity index is 3.19. The lowest BCUT2D eigenvalue weighted by molar-refractivity contribution is -0.390. The van der Waals surface area contributed by atoms with Crippen LogP contribution in [0.5, 0.6) is 5.75 Å². The molecule has 0 fully saturated rings. The van der Waals surface area contributed by atoms with Crippen molar-refractivity contribution in [2.75, 3.05) is 27.2 Å². The summed E-state index contributed by atoms with van der Waals surface area (Å²) in [7, 11) is 3.60. The molecular weight excluding hydrogens is 340 g/mol. The van der Waals surface area contributed by atoms with Crippen LogP contribution >= 0.6 is 0 Å². The second-order valence-corrected chi connectivity index (χ2v) is 5.79. The maximum absolute atomic E-state index is 13.9. The van der Waals surface area contributed by atoms with E-state index in [1.54, 1.807) is 14.1 Å². The van der Waals surface area contributed by atoms with Gasteiger partial charge in [-0.2, -0.15) is 26.3 Å². The molecule has 0 spiro atoms. The molecule has 0 amide bonds. The van der Waals surface area contributed by atoms with E-state index >= 15 is 0 Å². The third-order valence-electron chi connectivity index (χ3n) is 3.40. The Bertz CT molecular complexity index is 561. The average molecular weight is 359 g/mol. The number of benzene rings is 1. The molecule has 0 bridgehead atoms. The van der Waals surface area contributed by atoms with E-state index in [0.29, 0.717) is 18.7 Å². The molecule has 0 aromatic heterocycles. The first-order valence-corrected chi connectivity index (χ1v) is 6.97. The number of halogens is 6. The fourth-order valence-electron chi connectivity index (χ4n) is 2.06. The Morgan fingerprint density at radius 3 is 1.83 bits per heavy atom. The fraction of sp³-hybridized carbons (Fsp3) is 0.600. The summed E-state index contributed by atoms with van der Waals surface area (Å²) >= 11 is 0. The third-order valence-corrected chi connectivity index (χ3v) is 3.40. The number of nitrogens with zero attached hydrogens (tertiary/aromatic N) is 1. The second kappa shape index (κ2) is 6.79. The van der Waals surface area contributed by atoms with E-state index < -0.39 is 23.5 Å². The number of likely N-dealkylation sites (N-methyl/N-ethyl adjacent to an activating group) is 1. The van der Waals surface area contributed by atoms with Crippen LogP contribution in [-0.4, -0.2) is 49.3 Å². The lowest BCUT2D eigenvalue weighted by Gasteiger charge is -2.31. The van der Waals surface area contributed by atoms with Gasteiger partial charge >= 0.3 is 18.0 Å². The number of aryl methyl sites for hydroxylation is 2. The molecule has 1 atom stereocenters. The molecule has 9 heteroatoms. The summed E-state index contributed by atoms with van der Waals surface area (Å²) in [6, 6.07) is 1.35. The number of aliphatic hydroxyl groups is 1. The SMILES string of the molecule is Cc1cc(C(F)(F)C(O)(F)C(F)(F)F)cc(C)c1OCCN(C)C. The quantitative estimate of drug-likeness (QED) is 0.789. The monoisotopic (exact) mass is 359 g/mol. The van der Waals surface area contributed by atoms with Gasteiger partial charge in [-0.1, -0.05) is 0 Å². The van der Waals surface area contributed by atoms with Gasteiger partial charge in [0.2, 0.25) is 0 Å². The number of hydrogen-bond acceptors (Lipinski definition) is 3. The number of alkyl halides is 6. The smallest absolute Gasteiger partial charge is 0.455 e. The second-order valence-electron chi connectivity index (χ2n) is 5.79. The summed E-state index contributed by atoms with van der Waals surface area (Å²) in [4.78, 5) is 1.82. The first kappa shape index (κ1) is 20.6. The third kappa shape index (κ3) is 3.94. The Hall–Kier alpha value is -1.48. The van der Waals surface area contributed by atoms with Crippen LogP contribution in [0.25, 0.3) is 0 Å². The minimum atomic E-state index is -6.14. The van der Waals surface area contributed by atoms with Gasteiger partial charge in [0, 0.05) is 12.1 Å². The van der Waals surface area contributed by atoms with Crippen LogP contribution in [0, 0.1) is 13.8 Å². The maximum atomic E-state index is 13.9. The van der Waals surface area contributed by atoms with Gasteiger partial charge in [-0.3, -0.25) is 0 Å². The molecule has 3 nitrogen and oxygen atoms in total. The van der Waals surface area contributed by atoms with Gasteiger partial charge < -0.3 is 14.7 Å². The van der Waals surface area contributed by atoms with Crippen molar-refractivity contribution in [2.24, 2.45) is 0 Å². The van der Waals surface area contributed by atoms with Gasteiger partial charge in [0.1, 0.15) is 12.4 Å². The average Bonchev–Trinajstić information content (AvgIpc) is 2.39. The molecule has 0 saturated carbocycles. The standard InChI is InChI=1S/C15H19F6NO2/c1-9-7-11(13(16,17)14(18,23)15(19,20)21)8-10(2)12(9)24-6-5-22(3)4/h7-8,23H,5-6H2,1-4H3. The lowest BCUT2D eigenvalue weighted by Crippen LogP contribution is -2.53. The zero-order chi connectivity index (χ0) is 18.9. The number of rotatable bonds is 6. The molecule has 0 radical (unpaired) electrons. The fourth-order valence-corrected chi connectivity index (χ4v) is 2.06. The van der Waals surface area contributed by atoms with Crippen molar-refractivity contribution in [2.45, 2.75) is 31.8 Å². The highest BCUT2D eigenvalue weighted by molar-refractivity contribution is 5.45. The molecule has 1 aromatic carbocycles. The van der Waals surface area contributed by atoms with Gasteiger partial charge in [-0.15, -0.1) is 0 Å². The van der Waals surface area contributed by atoms with Crippen LogP contribution in [0.2, 0.25) is 0 Å². The minimum Gasteiger partial charge on any atom is -0.492 e. The highest BCUT2D eigenvalue weighted by Crippen LogP contribution is 2.49. The highest BCUT2D eigenvalue weighted by atomic mass is 19.4. The first-order chi connectivity index (χ1) is 10.7. The van der Waals surface area contributed by atoms with E-state index in [4.69, 9.17) is 9.84 Å². The number of ether oxygens (including phenoxy) is 1. The molecule has 1 aromatic rings. The predicted molar refractivity (Wildman–Crippen MR) is 76.0 cm³/mol. The number of hydrogen-bond donors (Lipinski definition) is 1. The lowest BCUT2D eigenvalue weighted by atomic mass is 9.96. The van der Waals surface area contributed by atoms with Crippen molar-refractivity contribution < 1.29 is 36.2 Å². The predicted octanol–water partition coefficient (Wildman–Crippen LogP) is 3.56. The molecule has 0 aliphatic carbocycles. The van der Waals surface area contributed by atoms with Gasteiger partial charge in [0.15, 0.2) is 0 Å². The van der Waals surface area contributed by atoms with Crippen LogP contribution in [0.3, 0.4) is 0 Å². The molecule has 0 heterocycles. The Kier molecular flexibility index (Phi) is 5.82. The van der Waals surface area contributed by atoms with Crippen molar-refractivity contribution >= 4 is 0 Å². The van der Waals surface area contributed by atoms with Gasteiger partial charge in [-0.25, -0.2) is 0 Å². The van der Waals surface area contributed by atoms with Gasteiger partial charge in [0.05, 0.1) is 0 Å². The molecular formula is C15H19F6NO2. The van der Waals surface area contributed by atoms with Crippen LogP contribution < -0.4 is 4.74 Å². The normalized spacial score (nSPS) is 15.5. The first-order valence-electron chi connectivity index (χ1n) is 6.97. The topological polar surface area (TPSA) is 32.7 Å². The highest BCUT2D eigenvalue weighted by Gasteiger charge is 2.71. The van der Waals surface area contributed by atoms with E-state index in [1.807, 2.05) is 4.90 Å². The van der Waals surface area contributed by atoms with Crippen molar-refractivity contribution in [1.29, 1.82) is 0 Å². The summed E-state index contributed by atoms with van der Waals surface area (Å²) in [5.41, 5.74) is -1.05. The van der Waals surface area contributed by atoms with Crippen LogP contribution in [-0.2, 0) is 5.92 Å². The molecule has 1 unspecified atom stereocenters. The van der Waals surface area contributed by atoms with Crippen LogP contribution in [0.15, 0.2) is 12.1 Å². The molecule has 0 aliphatic rings. The van der Waals surface area contributed by atoms with Gasteiger partial charge in [-0.05, 0) is 51.2 Å². The van der Waals surface area contributed by atoms with Crippen molar-refractivity contribution in [3.05, 3.63) is 28.8 Å². The van der Waals surface area contributed by atoms with E-state index in [0.717, 1.165) is 0 Å². The summed E-state index contributed by atoms with van der Waals surface area (Å²) in [6.45, 7) is 3.47. The maximum Gasteiger partial charge on any atom is 0.455 e. The minimum absolute atomic E-state index is 0.112. The molecule has 0 aliphatic heterocycles. The molecule has 138 valence electrons. The van der Waals surface area contributed by atoms with E-state index in [1.165, 1.54) is 13.8 Å². The van der Waals surface area contributed by atoms with E-state index in [-0.39, 0.29) is 23.5 Å². The largest absolute Gasteiger partial charge is 0.492 e. The summed E-state index contributed by atoms with van der Waals surface area (Å²) in [5.74, 6) is -10.6. The van der Waals surface area contributed by atoms with Crippen LogP contribution in [0.4, 0.5) is 26.3 Å². The molecule has 1 rings (SSSR count). The molecule has 0 saturated heterocycles. The van der Waals surface area contributed by atoms with Crippen LogP contribution in [0.1, 0.15) is 16.7 Å². The zero-order valence-corrected chi connectivity index (χ0v) is 13.6. The van der Waals surface area contributed by atoms with Gasteiger partial charge in [0.25, 0.3) is 0 Å². The Labute approximate surface area is 135 Å². The summed E-state index contributed by atoms with van der Waals surface area (Å²) in [5, 5.41) is 8.71. The zero-order valence-electron chi connectivity index (χ0n) is 13.6. The summed E-state index contributed by atoms with van der Waals surface area (Å²) in [6.07, 6.45) is -6.14. The van der Waals surface area contributed by atoms with Crippen molar-refractivity contribution in [3.8, 4) is 5.75 Å². The molecule has 1 N–H and O–H groups in total.